The summed E-state index contributed by atoms with van der Waals surface area (Å²) in [4.78, 5) is 14.7. The van der Waals surface area contributed by atoms with Crippen molar-refractivity contribution in [1.82, 2.24) is 4.90 Å². The van der Waals surface area contributed by atoms with E-state index in [9.17, 15) is 13.2 Å². The van der Waals surface area contributed by atoms with Gasteiger partial charge in [0.2, 0.25) is 15.9 Å². The number of benzene rings is 1. The molecular weight excluding hydrogens is 356 g/mol. The number of fused-ring (bicyclic) bond motifs is 1. The summed E-state index contributed by atoms with van der Waals surface area (Å²) in [5.74, 6) is 1.50. The van der Waals surface area contributed by atoms with Crippen molar-refractivity contribution < 1.29 is 22.7 Å². The van der Waals surface area contributed by atoms with Gasteiger partial charge in [0.15, 0.2) is 11.5 Å². The molecule has 1 atom stereocenters. The molecule has 0 unspecified atom stereocenters. The van der Waals surface area contributed by atoms with Crippen LogP contribution in [0.4, 0.5) is 5.69 Å². The molecule has 1 saturated heterocycles. The van der Waals surface area contributed by atoms with Crippen LogP contribution >= 0.6 is 0 Å². The van der Waals surface area contributed by atoms with Gasteiger partial charge >= 0.3 is 0 Å². The first-order valence-electron chi connectivity index (χ1n) is 8.95. The topological polar surface area (TPSA) is 76.2 Å². The second kappa shape index (κ2) is 7.34. The smallest absolute Gasteiger partial charge is 0.246 e. The predicted molar refractivity (Wildman–Crippen MR) is 99.2 cm³/mol. The van der Waals surface area contributed by atoms with Crippen LogP contribution in [-0.4, -0.2) is 57.8 Å². The lowest BCUT2D eigenvalue weighted by molar-refractivity contribution is -0.133. The Labute approximate surface area is 154 Å². The summed E-state index contributed by atoms with van der Waals surface area (Å²) in [7, 11) is -3.65. The van der Waals surface area contributed by atoms with E-state index in [1.165, 1.54) is 4.31 Å². The number of amides is 1. The van der Waals surface area contributed by atoms with Crippen molar-refractivity contribution in [3.05, 3.63) is 18.2 Å². The molecule has 0 N–H and O–H groups in total. The number of likely N-dealkylation sites (tertiary alicyclic amines) is 1. The Morgan fingerprint density at radius 2 is 1.81 bits per heavy atom. The Kier molecular flexibility index (Phi) is 5.32. The highest BCUT2D eigenvalue weighted by molar-refractivity contribution is 7.92. The van der Waals surface area contributed by atoms with Gasteiger partial charge in [-0.1, -0.05) is 6.92 Å². The molecular formula is C18H26N2O5S. The molecule has 2 aliphatic heterocycles. The molecule has 2 heterocycles. The summed E-state index contributed by atoms with van der Waals surface area (Å²) < 4.78 is 37.1. The van der Waals surface area contributed by atoms with Crippen LogP contribution < -0.4 is 13.8 Å². The van der Waals surface area contributed by atoms with Crippen LogP contribution in [-0.2, 0) is 14.8 Å². The maximum atomic E-state index is 12.9. The Balaban J connectivity index is 1.87. The Morgan fingerprint density at radius 1 is 1.19 bits per heavy atom. The molecule has 1 fully saturated rings. The van der Waals surface area contributed by atoms with Crippen molar-refractivity contribution >= 4 is 21.6 Å². The SMILES string of the molecule is CC1CCN(C(=O)[C@@H](C)N(c2ccc3c(c2)OCCO3)S(C)(=O)=O)CC1. The van der Waals surface area contributed by atoms with E-state index in [0.717, 1.165) is 19.1 Å². The lowest BCUT2D eigenvalue weighted by Crippen LogP contribution is -2.51. The number of hydrogen-bond donors (Lipinski definition) is 0. The number of carbonyl (C=O) groups is 1. The maximum Gasteiger partial charge on any atom is 0.246 e. The van der Waals surface area contributed by atoms with Crippen molar-refractivity contribution in [2.45, 2.75) is 32.7 Å². The van der Waals surface area contributed by atoms with Crippen molar-refractivity contribution in [3.8, 4) is 11.5 Å². The summed E-state index contributed by atoms with van der Waals surface area (Å²) in [6.45, 7) is 6.02. The summed E-state index contributed by atoms with van der Waals surface area (Å²) in [6, 6.07) is 4.14. The monoisotopic (exact) mass is 382 g/mol. The van der Waals surface area contributed by atoms with Crippen molar-refractivity contribution in [2.75, 3.05) is 36.9 Å². The van der Waals surface area contributed by atoms with Gasteiger partial charge in [-0.3, -0.25) is 9.10 Å². The highest BCUT2D eigenvalue weighted by Crippen LogP contribution is 2.35. The average molecular weight is 382 g/mol. The predicted octanol–water partition coefficient (Wildman–Crippen LogP) is 1.87. The van der Waals surface area contributed by atoms with E-state index in [1.54, 1.807) is 30.0 Å². The van der Waals surface area contributed by atoms with Crippen molar-refractivity contribution in [2.24, 2.45) is 5.92 Å². The van der Waals surface area contributed by atoms with Gasteiger partial charge in [0.1, 0.15) is 19.3 Å². The molecule has 0 aromatic heterocycles. The summed E-state index contributed by atoms with van der Waals surface area (Å²) >= 11 is 0. The van der Waals surface area contributed by atoms with Crippen LogP contribution in [0.3, 0.4) is 0 Å². The number of hydrogen-bond acceptors (Lipinski definition) is 5. The van der Waals surface area contributed by atoms with Crippen LogP contribution in [0.2, 0.25) is 0 Å². The van der Waals surface area contributed by atoms with Gasteiger partial charge in [-0.15, -0.1) is 0 Å². The first-order chi connectivity index (χ1) is 12.3. The standard InChI is InChI=1S/C18H26N2O5S/c1-13-6-8-19(9-7-13)18(21)14(2)20(26(3,22)23)15-4-5-16-17(12-15)25-11-10-24-16/h4-5,12-14H,6-11H2,1-3H3/t14-/m1/s1. The van der Waals surface area contributed by atoms with Crippen molar-refractivity contribution in [1.29, 1.82) is 0 Å². The molecule has 1 amide bonds. The molecule has 0 radical (unpaired) electrons. The molecule has 144 valence electrons. The Hall–Kier alpha value is -1.96. The maximum absolute atomic E-state index is 12.9. The van der Waals surface area contributed by atoms with E-state index in [0.29, 0.717) is 49.4 Å². The lowest BCUT2D eigenvalue weighted by Gasteiger charge is -2.36. The van der Waals surface area contributed by atoms with Gasteiger partial charge < -0.3 is 14.4 Å². The minimum Gasteiger partial charge on any atom is -0.486 e. The third kappa shape index (κ3) is 3.90. The Morgan fingerprint density at radius 3 is 2.42 bits per heavy atom. The zero-order valence-corrected chi connectivity index (χ0v) is 16.3. The zero-order valence-electron chi connectivity index (χ0n) is 15.5. The van der Waals surface area contributed by atoms with Crippen LogP contribution in [0, 0.1) is 5.92 Å². The average Bonchev–Trinajstić information content (AvgIpc) is 2.60. The van der Waals surface area contributed by atoms with Gasteiger partial charge in [0, 0.05) is 19.2 Å². The number of anilines is 1. The molecule has 7 nitrogen and oxygen atoms in total. The first-order valence-corrected chi connectivity index (χ1v) is 10.8. The van der Waals surface area contributed by atoms with Crippen LogP contribution in [0.15, 0.2) is 18.2 Å². The number of rotatable bonds is 4. The van der Waals surface area contributed by atoms with Crippen LogP contribution in [0.5, 0.6) is 11.5 Å². The quantitative estimate of drug-likeness (QED) is 0.795. The molecule has 0 bridgehead atoms. The van der Waals surface area contributed by atoms with E-state index >= 15 is 0 Å². The normalized spacial score (nSPS) is 19.1. The van der Waals surface area contributed by atoms with E-state index in [-0.39, 0.29) is 5.91 Å². The van der Waals surface area contributed by atoms with E-state index < -0.39 is 16.1 Å². The lowest BCUT2D eigenvalue weighted by atomic mass is 9.99. The molecule has 26 heavy (non-hydrogen) atoms. The highest BCUT2D eigenvalue weighted by atomic mass is 32.2. The summed E-state index contributed by atoms with van der Waals surface area (Å²) in [5.41, 5.74) is 0.406. The second-order valence-electron chi connectivity index (χ2n) is 7.07. The molecule has 1 aromatic rings. The van der Waals surface area contributed by atoms with Gasteiger partial charge in [0.25, 0.3) is 0 Å². The molecule has 3 rings (SSSR count). The van der Waals surface area contributed by atoms with Gasteiger partial charge in [-0.25, -0.2) is 8.42 Å². The number of ether oxygens (including phenoxy) is 2. The summed E-state index contributed by atoms with van der Waals surface area (Å²) in [6.07, 6.45) is 3.01. The third-order valence-electron chi connectivity index (χ3n) is 4.94. The van der Waals surface area contributed by atoms with Crippen LogP contribution in [0.1, 0.15) is 26.7 Å². The number of carbonyl (C=O) groups excluding carboxylic acids is 1. The van der Waals surface area contributed by atoms with Gasteiger partial charge in [0.05, 0.1) is 11.9 Å². The largest absolute Gasteiger partial charge is 0.486 e. The van der Waals surface area contributed by atoms with E-state index in [2.05, 4.69) is 6.92 Å². The Bertz CT molecular complexity index is 772. The zero-order chi connectivity index (χ0) is 18.9. The molecule has 0 saturated carbocycles. The number of nitrogens with zero attached hydrogens (tertiary/aromatic N) is 2. The minimum absolute atomic E-state index is 0.169. The fourth-order valence-corrected chi connectivity index (χ4v) is 4.63. The molecule has 1 aromatic carbocycles. The van der Waals surface area contributed by atoms with Crippen molar-refractivity contribution in [3.63, 3.8) is 0 Å². The van der Waals surface area contributed by atoms with Crippen LogP contribution in [0.25, 0.3) is 0 Å². The number of sulfonamides is 1. The third-order valence-corrected chi connectivity index (χ3v) is 6.18. The summed E-state index contributed by atoms with van der Waals surface area (Å²) in [5, 5.41) is 0. The molecule has 2 aliphatic rings. The van der Waals surface area contributed by atoms with E-state index in [4.69, 9.17) is 9.47 Å². The molecule has 0 spiro atoms. The number of piperidine rings is 1. The fraction of sp³-hybridized carbons (Fsp3) is 0.611. The van der Waals surface area contributed by atoms with Gasteiger partial charge in [-0.2, -0.15) is 0 Å². The molecule has 0 aliphatic carbocycles. The minimum atomic E-state index is -3.65. The highest BCUT2D eigenvalue weighted by Gasteiger charge is 2.33. The molecule has 8 heteroatoms. The fourth-order valence-electron chi connectivity index (χ4n) is 3.46. The van der Waals surface area contributed by atoms with E-state index in [1.807, 2.05) is 0 Å². The second-order valence-corrected chi connectivity index (χ2v) is 8.93. The first kappa shape index (κ1) is 18.8. The van der Waals surface area contributed by atoms with Gasteiger partial charge in [-0.05, 0) is 37.8 Å².